The van der Waals surface area contributed by atoms with Gasteiger partial charge in [0.1, 0.15) is 11.8 Å². The summed E-state index contributed by atoms with van der Waals surface area (Å²) in [5.74, 6) is -0.0811. The number of nitrogens with zero attached hydrogens (tertiary/aromatic N) is 2. The third kappa shape index (κ3) is 4.35. The fourth-order valence-electron chi connectivity index (χ4n) is 3.77. The zero-order chi connectivity index (χ0) is 22.0. The average molecular weight is 457 g/mol. The van der Waals surface area contributed by atoms with Crippen molar-refractivity contribution in [2.24, 2.45) is 0 Å². The van der Waals surface area contributed by atoms with Crippen molar-refractivity contribution < 1.29 is 14.3 Å². The summed E-state index contributed by atoms with van der Waals surface area (Å²) >= 11 is 11.3. The number of benzene rings is 2. The number of methoxy groups -OCH3 is 1. The number of imidazole rings is 1. The molecule has 0 bridgehead atoms. The molecule has 1 aromatic heterocycles. The monoisotopic (exact) mass is 456 g/mol. The number of aromatic nitrogens is 2. The summed E-state index contributed by atoms with van der Waals surface area (Å²) < 4.78 is 7.68. The molecule has 1 fully saturated rings. The number of anilines is 1. The lowest BCUT2D eigenvalue weighted by Crippen LogP contribution is -2.43. The molecule has 1 unspecified atom stereocenters. The Balaban J connectivity index is 1.54. The van der Waals surface area contributed by atoms with E-state index in [0.29, 0.717) is 39.8 Å². The van der Waals surface area contributed by atoms with Crippen LogP contribution in [0.1, 0.15) is 23.2 Å². The van der Waals surface area contributed by atoms with Crippen molar-refractivity contribution in [3.63, 3.8) is 0 Å². The largest absolute Gasteiger partial charge is 0.496 e. The molecule has 160 valence electrons. The predicted octanol–water partition coefficient (Wildman–Crippen LogP) is 4.44. The van der Waals surface area contributed by atoms with E-state index in [9.17, 15) is 9.59 Å². The van der Waals surface area contributed by atoms with Gasteiger partial charge in [-0.25, -0.2) is 0 Å². The second kappa shape index (κ2) is 8.95. The Kier molecular flexibility index (Phi) is 6.11. The zero-order valence-electron chi connectivity index (χ0n) is 16.8. The molecular weight excluding hydrogens is 436 g/mol. The highest BCUT2D eigenvalue weighted by Crippen LogP contribution is 2.28. The van der Waals surface area contributed by atoms with Gasteiger partial charge in [0.05, 0.1) is 12.7 Å². The van der Waals surface area contributed by atoms with Crippen molar-refractivity contribution in [1.82, 2.24) is 14.5 Å². The molecule has 1 saturated heterocycles. The lowest BCUT2D eigenvalue weighted by Gasteiger charge is -2.25. The third-order valence-electron chi connectivity index (χ3n) is 5.25. The molecule has 2 N–H and O–H groups in total. The summed E-state index contributed by atoms with van der Waals surface area (Å²) in [6.45, 7) is 0.491. The Morgan fingerprint density at radius 3 is 2.84 bits per heavy atom. The minimum atomic E-state index is -0.575. The standard InChI is InChI=1S/C22H21ClN4O3S/c1-30-19-8-7-14(23)12-17(19)21(29)27-10-3-6-18(27)20(28)25-15-4-2-5-16(13-15)26-11-9-24-22(26)31/h2,4-5,7-9,11-13,18H,3,6,10H2,1H3,(H,24,31)(H,25,28). The Morgan fingerprint density at radius 1 is 1.26 bits per heavy atom. The fourth-order valence-corrected chi connectivity index (χ4v) is 4.17. The molecule has 31 heavy (non-hydrogen) atoms. The minimum absolute atomic E-state index is 0.235. The lowest BCUT2D eigenvalue weighted by atomic mass is 10.1. The second-order valence-corrected chi connectivity index (χ2v) is 8.00. The highest BCUT2D eigenvalue weighted by atomic mass is 35.5. The van der Waals surface area contributed by atoms with E-state index in [1.54, 1.807) is 35.4 Å². The summed E-state index contributed by atoms with van der Waals surface area (Å²) in [6, 6.07) is 11.7. The minimum Gasteiger partial charge on any atom is -0.496 e. The Morgan fingerprint density at radius 2 is 2.10 bits per heavy atom. The Hall–Kier alpha value is -3.10. The van der Waals surface area contributed by atoms with Crippen LogP contribution in [0, 0.1) is 4.77 Å². The van der Waals surface area contributed by atoms with Crippen LogP contribution in [0.15, 0.2) is 54.9 Å². The van der Waals surface area contributed by atoms with E-state index in [4.69, 9.17) is 28.6 Å². The molecule has 1 aliphatic rings. The average Bonchev–Trinajstić information content (AvgIpc) is 3.42. The number of amides is 2. The highest BCUT2D eigenvalue weighted by molar-refractivity contribution is 7.71. The first kappa shape index (κ1) is 21.1. The third-order valence-corrected chi connectivity index (χ3v) is 5.80. The van der Waals surface area contributed by atoms with Crippen LogP contribution < -0.4 is 10.1 Å². The maximum Gasteiger partial charge on any atom is 0.258 e. The number of nitrogens with one attached hydrogen (secondary N) is 2. The van der Waals surface area contributed by atoms with E-state index in [0.717, 1.165) is 12.1 Å². The number of ether oxygens (including phenoxy) is 1. The quantitative estimate of drug-likeness (QED) is 0.556. The van der Waals surface area contributed by atoms with E-state index >= 15 is 0 Å². The lowest BCUT2D eigenvalue weighted by molar-refractivity contribution is -0.119. The Bertz CT molecular complexity index is 1190. The first-order chi connectivity index (χ1) is 15.0. The first-order valence-electron chi connectivity index (χ1n) is 9.80. The molecule has 0 saturated carbocycles. The SMILES string of the molecule is COc1ccc(Cl)cc1C(=O)N1CCCC1C(=O)Nc1cccc(-n2cc[nH]c2=S)c1. The topological polar surface area (TPSA) is 79.4 Å². The molecule has 4 rings (SSSR count). The number of carbonyl (C=O) groups is 2. The summed E-state index contributed by atoms with van der Waals surface area (Å²) in [7, 11) is 1.50. The van der Waals surface area contributed by atoms with Crippen LogP contribution in [-0.4, -0.2) is 46.0 Å². The van der Waals surface area contributed by atoms with Crippen molar-refractivity contribution in [1.29, 1.82) is 0 Å². The van der Waals surface area contributed by atoms with Gasteiger partial charge in [0, 0.05) is 35.3 Å². The summed E-state index contributed by atoms with van der Waals surface area (Å²) in [4.78, 5) is 30.8. The Labute approximate surface area is 189 Å². The van der Waals surface area contributed by atoms with Crippen LogP contribution >= 0.6 is 23.8 Å². The van der Waals surface area contributed by atoms with Gasteiger partial charge in [-0.1, -0.05) is 17.7 Å². The van der Waals surface area contributed by atoms with E-state index in [1.807, 2.05) is 29.0 Å². The van der Waals surface area contributed by atoms with Gasteiger partial charge in [0.25, 0.3) is 5.91 Å². The smallest absolute Gasteiger partial charge is 0.258 e. The van der Waals surface area contributed by atoms with E-state index in [-0.39, 0.29) is 11.8 Å². The van der Waals surface area contributed by atoms with Crippen LogP contribution in [0.25, 0.3) is 5.69 Å². The molecule has 0 radical (unpaired) electrons. The van der Waals surface area contributed by atoms with Gasteiger partial charge in [0.15, 0.2) is 4.77 Å². The molecular formula is C22H21ClN4O3S. The van der Waals surface area contributed by atoms with Crippen molar-refractivity contribution >= 4 is 41.3 Å². The van der Waals surface area contributed by atoms with Crippen molar-refractivity contribution in [3.05, 3.63) is 70.2 Å². The van der Waals surface area contributed by atoms with Crippen LogP contribution in [0.2, 0.25) is 5.02 Å². The van der Waals surface area contributed by atoms with Gasteiger partial charge in [-0.2, -0.15) is 0 Å². The van der Waals surface area contributed by atoms with Gasteiger partial charge in [-0.15, -0.1) is 0 Å². The van der Waals surface area contributed by atoms with Crippen LogP contribution in [0.5, 0.6) is 5.75 Å². The fraction of sp³-hybridized carbons (Fsp3) is 0.227. The molecule has 2 heterocycles. The number of likely N-dealkylation sites (tertiary alicyclic amines) is 1. The van der Waals surface area contributed by atoms with Gasteiger partial charge >= 0.3 is 0 Å². The van der Waals surface area contributed by atoms with Crippen molar-refractivity contribution in [3.8, 4) is 11.4 Å². The van der Waals surface area contributed by atoms with Crippen LogP contribution in [0.4, 0.5) is 5.69 Å². The van der Waals surface area contributed by atoms with Crippen molar-refractivity contribution in [2.45, 2.75) is 18.9 Å². The van der Waals surface area contributed by atoms with Crippen LogP contribution in [-0.2, 0) is 4.79 Å². The zero-order valence-corrected chi connectivity index (χ0v) is 18.4. The normalized spacial score (nSPS) is 15.7. The molecule has 3 aromatic rings. The maximum absolute atomic E-state index is 13.2. The van der Waals surface area contributed by atoms with E-state index < -0.39 is 6.04 Å². The molecule has 1 atom stereocenters. The highest BCUT2D eigenvalue weighted by Gasteiger charge is 2.35. The number of halogens is 1. The second-order valence-electron chi connectivity index (χ2n) is 7.18. The number of H-pyrrole nitrogens is 1. The number of hydrogen-bond acceptors (Lipinski definition) is 4. The van der Waals surface area contributed by atoms with Gasteiger partial charge in [0.2, 0.25) is 5.91 Å². The van der Waals surface area contributed by atoms with Gasteiger partial charge in [-0.05, 0) is 61.5 Å². The molecule has 1 aliphatic heterocycles. The number of aromatic amines is 1. The van der Waals surface area contributed by atoms with E-state index in [1.165, 1.54) is 7.11 Å². The summed E-state index contributed by atoms with van der Waals surface area (Å²) in [5.41, 5.74) is 1.80. The van der Waals surface area contributed by atoms with Gasteiger partial charge in [-0.3, -0.25) is 14.2 Å². The molecule has 2 amide bonds. The van der Waals surface area contributed by atoms with Crippen molar-refractivity contribution in [2.75, 3.05) is 19.0 Å². The van der Waals surface area contributed by atoms with Crippen LogP contribution in [0.3, 0.4) is 0 Å². The number of hydrogen-bond donors (Lipinski definition) is 2. The summed E-state index contributed by atoms with van der Waals surface area (Å²) in [6.07, 6.45) is 4.90. The molecule has 2 aromatic carbocycles. The molecule has 0 spiro atoms. The first-order valence-corrected chi connectivity index (χ1v) is 10.6. The molecule has 0 aliphatic carbocycles. The van der Waals surface area contributed by atoms with Gasteiger partial charge < -0.3 is 19.9 Å². The molecule has 9 heteroatoms. The predicted molar refractivity (Wildman–Crippen MR) is 122 cm³/mol. The van der Waals surface area contributed by atoms with E-state index in [2.05, 4.69) is 10.3 Å². The molecule has 7 nitrogen and oxygen atoms in total. The number of carbonyl (C=O) groups excluding carboxylic acids is 2. The maximum atomic E-state index is 13.2. The number of rotatable bonds is 5. The summed E-state index contributed by atoms with van der Waals surface area (Å²) in [5, 5.41) is 3.37.